The molecule has 1 N–H and O–H groups in total. The van der Waals surface area contributed by atoms with Gasteiger partial charge < -0.3 is 9.84 Å². The molecule has 0 unspecified atom stereocenters. The Morgan fingerprint density at radius 2 is 1.73 bits per heavy atom. The van der Waals surface area contributed by atoms with E-state index in [1.165, 1.54) is 35.2 Å². The van der Waals surface area contributed by atoms with Gasteiger partial charge in [-0.25, -0.2) is 9.37 Å². The Morgan fingerprint density at radius 3 is 2.33 bits per heavy atom. The molecule has 0 saturated carbocycles. The van der Waals surface area contributed by atoms with Gasteiger partial charge in [-0.15, -0.1) is 11.3 Å². The molecule has 0 radical (unpaired) electrons. The number of hydrogen-bond donors (Lipinski definition) is 1. The van der Waals surface area contributed by atoms with Crippen LogP contribution in [0.2, 0.25) is 0 Å². The lowest BCUT2D eigenvalue weighted by atomic mass is 10.2. The number of benzene rings is 2. The van der Waals surface area contributed by atoms with Crippen LogP contribution in [0.25, 0.3) is 0 Å². The van der Waals surface area contributed by atoms with Crippen molar-refractivity contribution in [2.75, 3.05) is 6.61 Å². The highest BCUT2D eigenvalue weighted by Gasteiger charge is 2.29. The minimum Gasteiger partial charge on any atom is -0.493 e. The zero-order valence-electron chi connectivity index (χ0n) is 16.5. The number of ether oxygens (including phenoxy) is 1. The maximum Gasteiger partial charge on any atom is 0.319 e. The van der Waals surface area contributed by atoms with Crippen molar-refractivity contribution in [1.29, 1.82) is 0 Å². The van der Waals surface area contributed by atoms with Gasteiger partial charge in [0.15, 0.2) is 4.34 Å². The van der Waals surface area contributed by atoms with Gasteiger partial charge in [-0.05, 0) is 62.4 Å². The summed E-state index contributed by atoms with van der Waals surface area (Å²) in [5.74, 6) is 5.63. The number of thiazole rings is 1. The van der Waals surface area contributed by atoms with Crippen LogP contribution in [0.4, 0.5) is 4.39 Å². The zero-order valence-corrected chi connectivity index (χ0v) is 18.1. The maximum absolute atomic E-state index is 12.9. The van der Waals surface area contributed by atoms with Crippen molar-refractivity contribution in [3.63, 3.8) is 0 Å². The third-order valence-electron chi connectivity index (χ3n) is 4.06. The number of halogens is 1. The van der Waals surface area contributed by atoms with Gasteiger partial charge in [0.1, 0.15) is 16.3 Å². The molecule has 0 atom stereocenters. The molecule has 1 aromatic heterocycles. The predicted octanol–water partition coefficient (Wildman–Crippen LogP) is 5.26. The highest BCUT2D eigenvalue weighted by atomic mass is 32.2. The quantitative estimate of drug-likeness (QED) is 0.400. The van der Waals surface area contributed by atoms with E-state index in [4.69, 9.17) is 4.74 Å². The van der Waals surface area contributed by atoms with E-state index >= 15 is 0 Å². The highest BCUT2D eigenvalue weighted by molar-refractivity contribution is 8.02. The third-order valence-corrected chi connectivity index (χ3v) is 6.24. The van der Waals surface area contributed by atoms with Crippen molar-refractivity contribution in [2.45, 2.75) is 29.4 Å². The molecule has 0 bridgehead atoms. The van der Waals surface area contributed by atoms with Crippen LogP contribution in [-0.2, 0) is 11.2 Å². The minimum absolute atomic E-state index is 0.279. The summed E-state index contributed by atoms with van der Waals surface area (Å²) in [6.45, 7) is 3.80. The molecule has 0 aliphatic rings. The first-order valence-corrected chi connectivity index (χ1v) is 10.9. The maximum atomic E-state index is 12.9. The Labute approximate surface area is 183 Å². The summed E-state index contributed by atoms with van der Waals surface area (Å²) in [6, 6.07) is 13.5. The van der Waals surface area contributed by atoms with Crippen molar-refractivity contribution < 1.29 is 19.0 Å². The fourth-order valence-corrected chi connectivity index (χ4v) is 4.52. The van der Waals surface area contributed by atoms with E-state index < -0.39 is 10.7 Å². The van der Waals surface area contributed by atoms with Crippen molar-refractivity contribution >= 4 is 29.1 Å². The SMILES string of the molecule is CC(C)(Sc1nc(CCOc2ccc(C#Cc3ccc(F)cc3)cc2)cs1)C(=O)O. The van der Waals surface area contributed by atoms with Gasteiger partial charge in [-0.1, -0.05) is 23.6 Å². The number of carboxylic acid groups (broad SMARTS) is 1. The highest BCUT2D eigenvalue weighted by Crippen LogP contribution is 2.34. The summed E-state index contributed by atoms with van der Waals surface area (Å²) < 4.78 is 18.5. The summed E-state index contributed by atoms with van der Waals surface area (Å²) in [4.78, 5) is 15.7. The molecule has 30 heavy (non-hydrogen) atoms. The first-order chi connectivity index (χ1) is 14.3. The Morgan fingerprint density at radius 1 is 1.13 bits per heavy atom. The summed E-state index contributed by atoms with van der Waals surface area (Å²) in [5.41, 5.74) is 2.48. The second kappa shape index (κ2) is 9.79. The first kappa shape index (κ1) is 21.9. The van der Waals surface area contributed by atoms with E-state index in [1.807, 2.05) is 29.6 Å². The normalized spacial score (nSPS) is 10.9. The molecule has 0 amide bonds. The van der Waals surface area contributed by atoms with Crippen LogP contribution in [0.15, 0.2) is 58.3 Å². The Balaban J connectivity index is 1.49. The molecule has 4 nitrogen and oxygen atoms in total. The summed E-state index contributed by atoms with van der Waals surface area (Å²) in [7, 11) is 0. The average Bonchev–Trinajstić information content (AvgIpc) is 3.15. The Hall–Kier alpha value is -2.82. The fraction of sp³-hybridized carbons (Fsp3) is 0.217. The number of aromatic nitrogens is 1. The number of hydrogen-bond acceptors (Lipinski definition) is 5. The van der Waals surface area contributed by atoms with Crippen molar-refractivity contribution in [3.05, 3.63) is 76.5 Å². The average molecular weight is 442 g/mol. The van der Waals surface area contributed by atoms with Crippen molar-refractivity contribution in [3.8, 4) is 17.6 Å². The fourth-order valence-electron chi connectivity index (χ4n) is 2.30. The monoisotopic (exact) mass is 441 g/mol. The topological polar surface area (TPSA) is 59.4 Å². The van der Waals surface area contributed by atoms with Crippen LogP contribution in [0, 0.1) is 17.7 Å². The van der Waals surface area contributed by atoms with Gasteiger partial charge in [-0.3, -0.25) is 4.79 Å². The molecule has 3 aromatic rings. The van der Waals surface area contributed by atoms with E-state index in [-0.39, 0.29) is 5.82 Å². The first-order valence-electron chi connectivity index (χ1n) is 9.19. The third kappa shape index (κ3) is 6.34. The van der Waals surface area contributed by atoms with Gasteiger partial charge in [0.2, 0.25) is 0 Å². The molecule has 0 fully saturated rings. The van der Waals surface area contributed by atoms with E-state index in [1.54, 1.807) is 26.0 Å². The molecule has 2 aromatic carbocycles. The van der Waals surface area contributed by atoms with Gasteiger partial charge in [-0.2, -0.15) is 0 Å². The molecule has 1 heterocycles. The summed E-state index contributed by atoms with van der Waals surface area (Å²) in [6.07, 6.45) is 0.636. The predicted molar refractivity (Wildman–Crippen MR) is 118 cm³/mol. The molecule has 7 heteroatoms. The largest absolute Gasteiger partial charge is 0.493 e. The van der Waals surface area contributed by atoms with Gasteiger partial charge in [0, 0.05) is 22.9 Å². The number of rotatable bonds is 7. The molecular weight excluding hydrogens is 421 g/mol. The second-order valence-electron chi connectivity index (χ2n) is 6.90. The smallest absolute Gasteiger partial charge is 0.319 e. The molecule has 0 saturated heterocycles. The van der Waals surface area contributed by atoms with Crippen LogP contribution < -0.4 is 4.74 Å². The second-order valence-corrected chi connectivity index (χ2v) is 9.63. The van der Waals surface area contributed by atoms with Crippen LogP contribution in [0.3, 0.4) is 0 Å². The lowest BCUT2D eigenvalue weighted by Crippen LogP contribution is -2.26. The number of thioether (sulfide) groups is 1. The molecule has 0 aliphatic heterocycles. The summed E-state index contributed by atoms with van der Waals surface area (Å²) in [5, 5.41) is 11.1. The van der Waals surface area contributed by atoms with E-state index in [2.05, 4.69) is 16.8 Å². The number of nitrogens with zero attached hydrogens (tertiary/aromatic N) is 1. The van der Waals surface area contributed by atoms with Crippen LogP contribution >= 0.6 is 23.1 Å². The van der Waals surface area contributed by atoms with E-state index in [9.17, 15) is 14.3 Å². The Bertz CT molecular complexity index is 1060. The number of carboxylic acids is 1. The Kier molecular flexibility index (Phi) is 7.14. The lowest BCUT2D eigenvalue weighted by molar-refractivity contribution is -0.138. The van der Waals surface area contributed by atoms with E-state index in [0.29, 0.717) is 13.0 Å². The standard InChI is InChI=1S/C23H20FNO3S2/c1-23(2,21(26)27)30-22-25-19(15-29-22)13-14-28-20-11-7-17(8-12-20)4-3-16-5-9-18(24)10-6-16/h5-12,15H,13-14H2,1-2H3,(H,26,27). The van der Waals surface area contributed by atoms with Crippen LogP contribution in [0.5, 0.6) is 5.75 Å². The van der Waals surface area contributed by atoms with E-state index in [0.717, 1.165) is 26.9 Å². The minimum atomic E-state index is -0.910. The number of carbonyl (C=O) groups is 1. The van der Waals surface area contributed by atoms with Crippen LogP contribution in [0.1, 0.15) is 30.7 Å². The van der Waals surface area contributed by atoms with Gasteiger partial charge >= 0.3 is 5.97 Å². The lowest BCUT2D eigenvalue weighted by Gasteiger charge is -2.15. The molecule has 154 valence electrons. The number of aliphatic carboxylic acids is 1. The molecule has 0 spiro atoms. The van der Waals surface area contributed by atoms with Crippen molar-refractivity contribution in [2.24, 2.45) is 0 Å². The van der Waals surface area contributed by atoms with Crippen LogP contribution in [-0.4, -0.2) is 27.4 Å². The zero-order chi connectivity index (χ0) is 21.6. The van der Waals surface area contributed by atoms with Gasteiger partial charge in [0.05, 0.1) is 12.3 Å². The summed E-state index contributed by atoms with van der Waals surface area (Å²) >= 11 is 2.69. The molecule has 3 rings (SSSR count). The van der Waals surface area contributed by atoms with Gasteiger partial charge in [0.25, 0.3) is 0 Å². The molecular formula is C23H20FNO3S2. The molecule has 0 aliphatic carbocycles. The van der Waals surface area contributed by atoms with Crippen molar-refractivity contribution in [1.82, 2.24) is 4.98 Å².